The van der Waals surface area contributed by atoms with Gasteiger partial charge < -0.3 is 0 Å². The Morgan fingerprint density at radius 2 is 1.82 bits per heavy atom. The smallest absolute Gasteiger partial charge is 0.245 e. The van der Waals surface area contributed by atoms with Gasteiger partial charge in [0.05, 0.1) is 5.92 Å². The van der Waals surface area contributed by atoms with E-state index in [4.69, 9.17) is 11.6 Å². The summed E-state index contributed by atoms with van der Waals surface area (Å²) in [6.07, 6.45) is 2.10. The molecule has 1 aromatic rings. The van der Waals surface area contributed by atoms with Gasteiger partial charge in [-0.25, -0.2) is 0 Å². The zero-order valence-corrected chi connectivity index (χ0v) is 10.3. The van der Waals surface area contributed by atoms with Crippen molar-refractivity contribution in [2.75, 3.05) is 0 Å². The van der Waals surface area contributed by atoms with Crippen molar-refractivity contribution in [1.82, 2.24) is 5.32 Å². The second-order valence-corrected chi connectivity index (χ2v) is 4.69. The molecule has 90 valence electrons. The van der Waals surface area contributed by atoms with Gasteiger partial charge in [0.25, 0.3) is 0 Å². The van der Waals surface area contributed by atoms with Crippen LogP contribution in [0.2, 0.25) is 0 Å². The van der Waals surface area contributed by atoms with Gasteiger partial charge >= 0.3 is 0 Å². The van der Waals surface area contributed by atoms with Crippen LogP contribution in [0.15, 0.2) is 24.3 Å². The molecule has 1 aromatic carbocycles. The number of carbonyl (C=O) groups excluding carboxylic acids is 2. The maximum Gasteiger partial charge on any atom is 0.245 e. The molecule has 2 amide bonds. The predicted octanol–water partition coefficient (Wildman–Crippen LogP) is 1.99. The third kappa shape index (κ3) is 2.34. The Hall–Kier alpha value is -1.35. The van der Waals surface area contributed by atoms with Crippen molar-refractivity contribution in [1.29, 1.82) is 0 Å². The minimum Gasteiger partial charge on any atom is -0.295 e. The van der Waals surface area contributed by atoms with E-state index in [9.17, 15) is 9.59 Å². The molecule has 1 saturated heterocycles. The summed E-state index contributed by atoms with van der Waals surface area (Å²) in [5, 5.41) is 1.45. The lowest BCUT2D eigenvalue weighted by molar-refractivity contribution is -0.125. The molecule has 2 atom stereocenters. The largest absolute Gasteiger partial charge is 0.295 e. The van der Waals surface area contributed by atoms with Crippen LogP contribution in [0.1, 0.15) is 30.4 Å². The van der Waals surface area contributed by atoms with Gasteiger partial charge in [-0.1, -0.05) is 37.6 Å². The van der Waals surface area contributed by atoms with Gasteiger partial charge in [-0.3, -0.25) is 14.9 Å². The minimum absolute atomic E-state index is 0.307. The van der Waals surface area contributed by atoms with Crippen LogP contribution >= 0.6 is 11.6 Å². The number of amides is 2. The van der Waals surface area contributed by atoms with Gasteiger partial charge in [0.1, 0.15) is 5.38 Å². The molecule has 0 saturated carbocycles. The van der Waals surface area contributed by atoms with E-state index in [1.807, 2.05) is 24.3 Å². The number of imide groups is 1. The average molecular weight is 252 g/mol. The number of nitrogens with one attached hydrogen (secondary N) is 1. The van der Waals surface area contributed by atoms with Gasteiger partial charge in [-0.2, -0.15) is 0 Å². The van der Waals surface area contributed by atoms with E-state index >= 15 is 0 Å². The van der Waals surface area contributed by atoms with E-state index in [0.717, 1.165) is 18.4 Å². The van der Waals surface area contributed by atoms with E-state index < -0.39 is 17.2 Å². The third-order valence-corrected chi connectivity index (χ3v) is 3.40. The molecule has 1 fully saturated rings. The highest BCUT2D eigenvalue weighted by molar-refractivity contribution is 6.37. The summed E-state index contributed by atoms with van der Waals surface area (Å²) >= 11 is 5.93. The summed E-state index contributed by atoms with van der Waals surface area (Å²) in [5.41, 5.74) is 2.03. The van der Waals surface area contributed by atoms with Crippen molar-refractivity contribution in [3.63, 3.8) is 0 Å². The predicted molar refractivity (Wildman–Crippen MR) is 66.0 cm³/mol. The molecule has 4 heteroatoms. The van der Waals surface area contributed by atoms with Crippen LogP contribution in [0.25, 0.3) is 0 Å². The molecule has 0 aliphatic carbocycles. The summed E-state index contributed by atoms with van der Waals surface area (Å²) in [4.78, 5) is 22.9. The monoisotopic (exact) mass is 251 g/mol. The maximum absolute atomic E-state index is 11.6. The zero-order chi connectivity index (χ0) is 12.4. The van der Waals surface area contributed by atoms with Crippen molar-refractivity contribution >= 4 is 23.4 Å². The lowest BCUT2D eigenvalue weighted by Crippen LogP contribution is -2.22. The highest BCUT2D eigenvalue weighted by Crippen LogP contribution is 2.28. The van der Waals surface area contributed by atoms with E-state index in [1.54, 1.807) is 0 Å². The number of hydrogen-bond acceptors (Lipinski definition) is 2. The Labute approximate surface area is 105 Å². The molecule has 1 heterocycles. The minimum atomic E-state index is -0.792. The second kappa shape index (κ2) is 4.88. The highest BCUT2D eigenvalue weighted by atomic mass is 35.5. The Bertz CT molecular complexity index is 441. The van der Waals surface area contributed by atoms with Gasteiger partial charge in [0, 0.05) is 0 Å². The Kier molecular flexibility index (Phi) is 3.48. The molecular weight excluding hydrogens is 238 g/mol. The molecular formula is C13H14ClNO2. The van der Waals surface area contributed by atoms with E-state index in [0.29, 0.717) is 0 Å². The van der Waals surface area contributed by atoms with Crippen molar-refractivity contribution in [2.45, 2.75) is 31.1 Å². The van der Waals surface area contributed by atoms with Crippen LogP contribution < -0.4 is 5.32 Å². The Morgan fingerprint density at radius 3 is 2.29 bits per heavy atom. The van der Waals surface area contributed by atoms with Gasteiger partial charge in [0.2, 0.25) is 11.8 Å². The average Bonchev–Trinajstić information content (AvgIpc) is 2.55. The topological polar surface area (TPSA) is 46.2 Å². The zero-order valence-electron chi connectivity index (χ0n) is 9.57. The number of hydrogen-bond donors (Lipinski definition) is 1. The first-order chi connectivity index (χ1) is 8.13. The van der Waals surface area contributed by atoms with Crippen LogP contribution in [0, 0.1) is 0 Å². The second-order valence-electron chi connectivity index (χ2n) is 4.22. The lowest BCUT2D eigenvalue weighted by Gasteiger charge is -2.10. The molecule has 1 aliphatic heterocycles. The van der Waals surface area contributed by atoms with Crippen LogP contribution in [0.3, 0.4) is 0 Å². The number of carbonyl (C=O) groups is 2. The van der Waals surface area contributed by atoms with Crippen LogP contribution in [0.5, 0.6) is 0 Å². The van der Waals surface area contributed by atoms with Crippen LogP contribution in [-0.2, 0) is 16.0 Å². The number of halogens is 1. The number of aryl methyl sites for hydroxylation is 1. The summed E-state index contributed by atoms with van der Waals surface area (Å²) in [5.74, 6) is -1.27. The standard InChI is InChI=1S/C13H14ClNO2/c1-2-3-8-4-6-9(7-5-8)10-11(14)13(17)15-12(10)16/h4-7,10-11H,2-3H2,1H3,(H,15,16,17). The molecule has 17 heavy (non-hydrogen) atoms. The third-order valence-electron chi connectivity index (χ3n) is 2.95. The van der Waals surface area contributed by atoms with E-state index in [2.05, 4.69) is 12.2 Å². The molecule has 2 rings (SSSR count). The van der Waals surface area contributed by atoms with Gasteiger partial charge in [0.15, 0.2) is 0 Å². The van der Waals surface area contributed by atoms with Crippen molar-refractivity contribution in [2.24, 2.45) is 0 Å². The fourth-order valence-electron chi connectivity index (χ4n) is 2.05. The van der Waals surface area contributed by atoms with Gasteiger partial charge in [-0.15, -0.1) is 11.6 Å². The normalized spacial score (nSPS) is 23.9. The molecule has 3 nitrogen and oxygen atoms in total. The highest BCUT2D eigenvalue weighted by Gasteiger charge is 2.41. The van der Waals surface area contributed by atoms with Crippen molar-refractivity contribution in [3.8, 4) is 0 Å². The summed E-state index contributed by atoms with van der Waals surface area (Å²) in [7, 11) is 0. The van der Waals surface area contributed by atoms with E-state index in [-0.39, 0.29) is 5.91 Å². The first-order valence-corrected chi connectivity index (χ1v) is 6.14. The van der Waals surface area contributed by atoms with Gasteiger partial charge in [-0.05, 0) is 17.5 Å². The molecule has 1 aliphatic rings. The first kappa shape index (κ1) is 12.1. The van der Waals surface area contributed by atoms with E-state index in [1.165, 1.54) is 5.56 Å². The summed E-state index contributed by atoms with van der Waals surface area (Å²) in [6.45, 7) is 2.12. The molecule has 0 radical (unpaired) electrons. The maximum atomic E-state index is 11.6. The molecule has 2 unspecified atom stereocenters. The SMILES string of the molecule is CCCc1ccc(C2C(=O)NC(=O)C2Cl)cc1. The lowest BCUT2D eigenvalue weighted by atomic mass is 9.95. The molecule has 0 bridgehead atoms. The fourth-order valence-corrected chi connectivity index (χ4v) is 2.37. The summed E-state index contributed by atoms with van der Waals surface area (Å²) < 4.78 is 0. The Morgan fingerprint density at radius 1 is 1.18 bits per heavy atom. The van der Waals surface area contributed by atoms with Crippen LogP contribution in [-0.4, -0.2) is 17.2 Å². The first-order valence-electron chi connectivity index (χ1n) is 5.71. The van der Waals surface area contributed by atoms with Crippen molar-refractivity contribution < 1.29 is 9.59 Å². The number of rotatable bonds is 3. The number of alkyl halides is 1. The molecule has 1 N–H and O–H groups in total. The molecule has 0 spiro atoms. The number of benzene rings is 1. The summed E-state index contributed by atoms with van der Waals surface area (Å²) in [6, 6.07) is 7.73. The quantitative estimate of drug-likeness (QED) is 0.660. The Balaban J connectivity index is 2.22. The van der Waals surface area contributed by atoms with Crippen LogP contribution in [0.4, 0.5) is 0 Å². The fraction of sp³-hybridized carbons (Fsp3) is 0.385. The van der Waals surface area contributed by atoms with Crippen molar-refractivity contribution in [3.05, 3.63) is 35.4 Å². The molecule has 0 aromatic heterocycles.